The molecule has 3 rings (SSSR count). The van der Waals surface area contributed by atoms with Crippen LogP contribution in [0.3, 0.4) is 0 Å². The highest BCUT2D eigenvalue weighted by molar-refractivity contribution is 14.1. The number of aryl methyl sites for hydroxylation is 1. The maximum Gasteiger partial charge on any atom is 0.436 e. The van der Waals surface area contributed by atoms with E-state index in [4.69, 9.17) is 0 Å². The Morgan fingerprint density at radius 2 is 2.04 bits per heavy atom. The van der Waals surface area contributed by atoms with Crippen molar-refractivity contribution in [3.8, 4) is 0 Å². The number of carbonyl (C=O) groups is 1. The van der Waals surface area contributed by atoms with Gasteiger partial charge >= 0.3 is 6.18 Å². The van der Waals surface area contributed by atoms with Crippen molar-refractivity contribution in [1.29, 1.82) is 0 Å². The lowest BCUT2D eigenvalue weighted by Crippen LogP contribution is -2.20. The SMILES string of the molecule is CC1CC(C)(C)c2cccc(NC(=O)c3c(C(F)(F)F)nn(C)c3I)c21. The van der Waals surface area contributed by atoms with Crippen LogP contribution < -0.4 is 5.32 Å². The third-order valence-electron chi connectivity index (χ3n) is 4.87. The molecule has 1 aromatic carbocycles. The number of hydrogen-bond donors (Lipinski definition) is 1. The highest BCUT2D eigenvalue weighted by atomic mass is 127. The number of amides is 1. The molecule has 1 atom stereocenters. The van der Waals surface area contributed by atoms with Crippen LogP contribution in [0.25, 0.3) is 0 Å². The highest BCUT2D eigenvalue weighted by Crippen LogP contribution is 2.48. The molecule has 1 aromatic heterocycles. The maximum absolute atomic E-state index is 13.3. The van der Waals surface area contributed by atoms with Gasteiger partial charge in [0.25, 0.3) is 5.91 Å². The normalized spacial score (nSPS) is 18.7. The quantitative estimate of drug-likeness (QED) is 0.614. The Kier molecular flexibility index (Phi) is 4.61. The topological polar surface area (TPSA) is 46.9 Å². The van der Waals surface area contributed by atoms with Crippen molar-refractivity contribution in [1.82, 2.24) is 9.78 Å². The Labute approximate surface area is 163 Å². The van der Waals surface area contributed by atoms with Gasteiger partial charge in [0.2, 0.25) is 0 Å². The molecule has 1 N–H and O–H groups in total. The van der Waals surface area contributed by atoms with E-state index in [1.165, 1.54) is 7.05 Å². The van der Waals surface area contributed by atoms with Gasteiger partial charge in [-0.05, 0) is 57.5 Å². The first-order chi connectivity index (χ1) is 11.9. The first kappa shape index (κ1) is 19.2. The van der Waals surface area contributed by atoms with E-state index < -0.39 is 23.3 Å². The molecule has 1 amide bonds. The molecule has 26 heavy (non-hydrogen) atoms. The highest BCUT2D eigenvalue weighted by Gasteiger charge is 2.41. The van der Waals surface area contributed by atoms with E-state index in [2.05, 4.69) is 31.2 Å². The van der Waals surface area contributed by atoms with Gasteiger partial charge in [0.15, 0.2) is 5.69 Å². The summed E-state index contributed by atoms with van der Waals surface area (Å²) < 4.78 is 41.0. The van der Waals surface area contributed by atoms with Gasteiger partial charge in [0.1, 0.15) is 9.26 Å². The zero-order chi connectivity index (χ0) is 19.4. The number of nitrogens with zero attached hydrogens (tertiary/aromatic N) is 2. The molecule has 1 aliphatic rings. The number of fused-ring (bicyclic) bond motifs is 1. The summed E-state index contributed by atoms with van der Waals surface area (Å²) in [5, 5.41) is 6.17. The molecular weight excluding hydrogens is 458 g/mol. The van der Waals surface area contributed by atoms with E-state index in [0.717, 1.165) is 22.2 Å². The molecular formula is C18H19F3IN3O. The number of rotatable bonds is 2. The first-order valence-corrected chi connectivity index (χ1v) is 9.26. The van der Waals surface area contributed by atoms with Crippen LogP contribution in [0.15, 0.2) is 18.2 Å². The Morgan fingerprint density at radius 1 is 1.38 bits per heavy atom. The van der Waals surface area contributed by atoms with Gasteiger partial charge < -0.3 is 5.32 Å². The second kappa shape index (κ2) is 6.24. The largest absolute Gasteiger partial charge is 0.436 e. The molecule has 0 saturated carbocycles. The fourth-order valence-electron chi connectivity index (χ4n) is 3.86. The number of benzene rings is 1. The van der Waals surface area contributed by atoms with Crippen LogP contribution in [-0.4, -0.2) is 15.7 Å². The molecule has 2 aromatic rings. The Hall–Kier alpha value is -1.58. The van der Waals surface area contributed by atoms with Gasteiger partial charge in [-0.2, -0.15) is 18.3 Å². The minimum Gasteiger partial charge on any atom is -0.322 e. The molecule has 0 saturated heterocycles. The minimum atomic E-state index is -4.69. The summed E-state index contributed by atoms with van der Waals surface area (Å²) in [7, 11) is 1.39. The van der Waals surface area contributed by atoms with Crippen LogP contribution in [0.4, 0.5) is 18.9 Å². The lowest BCUT2D eigenvalue weighted by atomic mass is 9.86. The molecule has 8 heteroatoms. The predicted octanol–water partition coefficient (Wildman–Crippen LogP) is 5.08. The number of carbonyl (C=O) groups excluding carboxylic acids is 1. The van der Waals surface area contributed by atoms with Crippen molar-refractivity contribution >= 4 is 34.2 Å². The van der Waals surface area contributed by atoms with Gasteiger partial charge in [-0.3, -0.25) is 9.48 Å². The molecule has 0 radical (unpaired) electrons. The van der Waals surface area contributed by atoms with E-state index in [-0.39, 0.29) is 15.0 Å². The van der Waals surface area contributed by atoms with Crippen LogP contribution in [-0.2, 0) is 18.6 Å². The molecule has 140 valence electrons. The standard InChI is InChI=1S/C18H19F3IN3O/c1-9-8-17(2,3)10-6-5-7-11(12(9)10)23-16(26)13-14(18(19,20)21)24-25(4)15(13)22/h5-7,9H,8H2,1-4H3,(H,23,26). The zero-order valence-electron chi connectivity index (χ0n) is 14.8. The van der Waals surface area contributed by atoms with Crippen molar-refractivity contribution < 1.29 is 18.0 Å². The van der Waals surface area contributed by atoms with Crippen molar-refractivity contribution in [2.45, 2.75) is 44.7 Å². The summed E-state index contributed by atoms with van der Waals surface area (Å²) in [6.45, 7) is 6.33. The summed E-state index contributed by atoms with van der Waals surface area (Å²) in [5.41, 5.74) is 1.05. The average molecular weight is 477 g/mol. The van der Waals surface area contributed by atoms with Gasteiger partial charge in [-0.15, -0.1) is 0 Å². The monoisotopic (exact) mass is 477 g/mol. The van der Waals surface area contributed by atoms with Crippen LogP contribution in [0, 0.1) is 3.70 Å². The Balaban J connectivity index is 2.03. The van der Waals surface area contributed by atoms with E-state index in [1.807, 2.05) is 12.1 Å². The molecule has 0 spiro atoms. The fourth-order valence-corrected chi connectivity index (χ4v) is 4.47. The molecule has 4 nitrogen and oxygen atoms in total. The van der Waals surface area contributed by atoms with Gasteiger partial charge in [0.05, 0.1) is 0 Å². The van der Waals surface area contributed by atoms with E-state index >= 15 is 0 Å². The van der Waals surface area contributed by atoms with Crippen molar-refractivity contribution in [2.75, 3.05) is 5.32 Å². The molecule has 1 heterocycles. The van der Waals surface area contributed by atoms with Crippen LogP contribution in [0.1, 0.15) is 60.3 Å². The van der Waals surface area contributed by atoms with Crippen molar-refractivity contribution in [3.63, 3.8) is 0 Å². The summed E-state index contributed by atoms with van der Waals surface area (Å²) >= 11 is 1.71. The summed E-state index contributed by atoms with van der Waals surface area (Å²) in [6, 6.07) is 5.59. The number of anilines is 1. The lowest BCUT2D eigenvalue weighted by molar-refractivity contribution is -0.141. The van der Waals surface area contributed by atoms with Crippen LogP contribution >= 0.6 is 22.6 Å². The van der Waals surface area contributed by atoms with Gasteiger partial charge in [0, 0.05) is 12.7 Å². The summed E-state index contributed by atoms with van der Waals surface area (Å²) in [5.74, 6) is -0.577. The smallest absolute Gasteiger partial charge is 0.322 e. The van der Waals surface area contributed by atoms with Crippen molar-refractivity contribution in [3.05, 3.63) is 44.3 Å². The Morgan fingerprint density at radius 3 is 2.65 bits per heavy atom. The lowest BCUT2D eigenvalue weighted by Gasteiger charge is -2.19. The third kappa shape index (κ3) is 3.12. The second-order valence-corrected chi connectivity index (χ2v) is 8.37. The number of halogens is 4. The van der Waals surface area contributed by atoms with Crippen LogP contribution in [0.2, 0.25) is 0 Å². The van der Waals surface area contributed by atoms with Crippen LogP contribution in [0.5, 0.6) is 0 Å². The fraction of sp³-hybridized carbons (Fsp3) is 0.444. The number of aromatic nitrogens is 2. The van der Waals surface area contributed by atoms with Crippen molar-refractivity contribution in [2.24, 2.45) is 7.05 Å². The predicted molar refractivity (Wildman–Crippen MR) is 101 cm³/mol. The van der Waals surface area contributed by atoms with E-state index in [1.54, 1.807) is 28.7 Å². The summed E-state index contributed by atoms with van der Waals surface area (Å²) in [6.07, 6.45) is -3.77. The molecule has 0 fully saturated rings. The zero-order valence-corrected chi connectivity index (χ0v) is 17.0. The number of nitrogens with one attached hydrogen (secondary N) is 1. The minimum absolute atomic E-state index is 0.0324. The molecule has 0 bridgehead atoms. The van der Waals surface area contributed by atoms with Gasteiger partial charge in [-0.1, -0.05) is 32.9 Å². The number of alkyl halides is 3. The molecule has 1 aliphatic carbocycles. The molecule has 1 unspecified atom stereocenters. The average Bonchev–Trinajstić information content (AvgIpc) is 2.94. The summed E-state index contributed by atoms with van der Waals surface area (Å²) in [4.78, 5) is 12.7. The Bertz CT molecular complexity index is 887. The number of hydrogen-bond acceptors (Lipinski definition) is 2. The third-order valence-corrected chi connectivity index (χ3v) is 6.10. The maximum atomic E-state index is 13.3. The van der Waals surface area contributed by atoms with Gasteiger partial charge in [-0.25, -0.2) is 0 Å². The first-order valence-electron chi connectivity index (χ1n) is 8.18. The van der Waals surface area contributed by atoms with E-state index in [0.29, 0.717) is 5.69 Å². The van der Waals surface area contributed by atoms with E-state index in [9.17, 15) is 18.0 Å². The second-order valence-electron chi connectivity index (χ2n) is 7.35. The molecule has 0 aliphatic heterocycles.